The van der Waals surface area contributed by atoms with Crippen LogP contribution in [0.25, 0.3) is 0 Å². The second kappa shape index (κ2) is 14.0. The van der Waals surface area contributed by atoms with Crippen molar-refractivity contribution >= 4 is 40.8 Å². The maximum Gasteiger partial charge on any atom is 0.248 e. The highest BCUT2D eigenvalue weighted by atomic mass is 35.5. The predicted octanol–water partition coefficient (Wildman–Crippen LogP) is 6.35. The molecule has 0 spiro atoms. The lowest BCUT2D eigenvalue weighted by Crippen LogP contribution is -2.47. The molecule has 2 N–H and O–H groups in total. The molecule has 1 atom stereocenters. The van der Waals surface area contributed by atoms with Crippen LogP contribution in [0.2, 0.25) is 5.02 Å². The van der Waals surface area contributed by atoms with Crippen LogP contribution in [0.4, 0.5) is 20.3 Å². The van der Waals surface area contributed by atoms with Crippen LogP contribution >= 0.6 is 11.6 Å². The number of carbonyl (C=O) groups excluding carboxylic acids is 3. The smallest absolute Gasteiger partial charge is 0.248 e. The quantitative estimate of drug-likeness (QED) is 0.298. The molecule has 0 unspecified atom stereocenters. The van der Waals surface area contributed by atoms with Crippen molar-refractivity contribution in [2.45, 2.75) is 63.5 Å². The number of nitrogens with zero attached hydrogens (tertiary/aromatic N) is 2. The largest absolute Gasteiger partial charge is 0.351 e. The van der Waals surface area contributed by atoms with Gasteiger partial charge in [-0.1, -0.05) is 49.1 Å². The van der Waals surface area contributed by atoms with Gasteiger partial charge < -0.3 is 10.6 Å². The Labute approximate surface area is 236 Å². The molecule has 1 aliphatic carbocycles. The Bertz CT molecular complexity index is 1320. The number of halogens is 3. The number of pyridine rings is 1. The van der Waals surface area contributed by atoms with Crippen molar-refractivity contribution in [2.75, 3.05) is 10.2 Å². The molecule has 3 aromatic rings. The monoisotopic (exact) mass is 568 g/mol. The minimum atomic E-state index is -1.17. The SMILES string of the molecule is O=C(CCCC(=O)N(c1ccc(F)c(Cl)c1)[C@@H](C(=O)NC1CCCCC1)c1ccc(F)cc1)Nc1ccccn1. The van der Waals surface area contributed by atoms with Crippen LogP contribution in [0, 0.1) is 11.6 Å². The average molecular weight is 569 g/mol. The maximum absolute atomic E-state index is 14.1. The van der Waals surface area contributed by atoms with Crippen molar-refractivity contribution in [2.24, 2.45) is 0 Å². The zero-order valence-corrected chi connectivity index (χ0v) is 22.7. The van der Waals surface area contributed by atoms with Crippen LogP contribution in [0.1, 0.15) is 63.0 Å². The van der Waals surface area contributed by atoms with Crippen LogP contribution in [0.15, 0.2) is 66.9 Å². The van der Waals surface area contributed by atoms with E-state index in [0.717, 1.165) is 38.2 Å². The van der Waals surface area contributed by atoms with Gasteiger partial charge in [-0.2, -0.15) is 0 Å². The fourth-order valence-corrected chi connectivity index (χ4v) is 5.00. The summed E-state index contributed by atoms with van der Waals surface area (Å²) in [6, 6.07) is 13.0. The van der Waals surface area contributed by atoms with E-state index in [9.17, 15) is 23.2 Å². The lowest BCUT2D eigenvalue weighted by atomic mass is 9.94. The molecule has 1 aliphatic rings. The summed E-state index contributed by atoms with van der Waals surface area (Å²) in [6.07, 6.45) is 6.41. The summed E-state index contributed by atoms with van der Waals surface area (Å²) < 4.78 is 27.9. The first kappa shape index (κ1) is 29.1. The van der Waals surface area contributed by atoms with E-state index in [1.54, 1.807) is 24.4 Å². The number of aromatic nitrogens is 1. The molecule has 3 amide bonds. The molecule has 1 saturated carbocycles. The van der Waals surface area contributed by atoms with Crippen molar-refractivity contribution in [3.8, 4) is 0 Å². The highest BCUT2D eigenvalue weighted by molar-refractivity contribution is 6.31. The van der Waals surface area contributed by atoms with Gasteiger partial charge in [-0.3, -0.25) is 19.3 Å². The highest BCUT2D eigenvalue weighted by Crippen LogP contribution is 2.32. The molecular weight excluding hydrogens is 538 g/mol. The zero-order valence-electron chi connectivity index (χ0n) is 21.9. The van der Waals surface area contributed by atoms with Gasteiger partial charge in [-0.05, 0) is 67.3 Å². The van der Waals surface area contributed by atoms with Gasteiger partial charge in [0.15, 0.2) is 0 Å². The summed E-state index contributed by atoms with van der Waals surface area (Å²) in [6.45, 7) is 0. The Kier molecular flexibility index (Phi) is 10.2. The summed E-state index contributed by atoms with van der Waals surface area (Å²) in [5.41, 5.74) is 0.596. The number of benzene rings is 2. The van der Waals surface area contributed by atoms with E-state index in [-0.39, 0.29) is 41.9 Å². The van der Waals surface area contributed by atoms with Crippen molar-refractivity contribution in [3.05, 3.63) is 89.1 Å². The van der Waals surface area contributed by atoms with Crippen LogP contribution in [-0.4, -0.2) is 28.7 Å². The number of nitrogens with one attached hydrogen (secondary N) is 2. The van der Waals surface area contributed by atoms with Crippen molar-refractivity contribution in [1.29, 1.82) is 0 Å². The van der Waals surface area contributed by atoms with E-state index in [1.807, 2.05) is 0 Å². The summed E-state index contributed by atoms with van der Waals surface area (Å²) in [5, 5.41) is 5.52. The first-order valence-electron chi connectivity index (χ1n) is 13.4. The van der Waals surface area contributed by atoms with Crippen molar-refractivity contribution < 1.29 is 23.2 Å². The Balaban J connectivity index is 1.59. The molecular formula is C30H31ClF2N4O3. The zero-order chi connectivity index (χ0) is 28.5. The summed E-state index contributed by atoms with van der Waals surface area (Å²) in [5.74, 6) is -1.97. The lowest BCUT2D eigenvalue weighted by molar-refractivity contribution is -0.127. The molecule has 1 heterocycles. The van der Waals surface area contributed by atoms with Gasteiger partial charge in [0.2, 0.25) is 17.7 Å². The Morgan fingerprint density at radius 3 is 2.40 bits per heavy atom. The van der Waals surface area contributed by atoms with Crippen molar-refractivity contribution in [3.63, 3.8) is 0 Å². The molecule has 0 saturated heterocycles. The van der Waals surface area contributed by atoms with E-state index >= 15 is 0 Å². The van der Waals surface area contributed by atoms with Crippen LogP contribution in [-0.2, 0) is 14.4 Å². The standard InChI is InChI=1S/C30H31ClF2N4O3/c31-24-19-23(16-17-25(24)33)37(28(39)11-6-10-27(38)36-26-9-4-5-18-34-26)29(20-12-14-21(32)15-13-20)30(40)35-22-7-2-1-3-8-22/h4-5,9,12-19,22,29H,1-3,6-8,10-11H2,(H,35,40)(H,34,36,38)/t29-/m1/s1. The average Bonchev–Trinajstić information content (AvgIpc) is 2.95. The van der Waals surface area contributed by atoms with Crippen LogP contribution in [0.5, 0.6) is 0 Å². The molecule has 0 bridgehead atoms. The number of hydrogen-bond donors (Lipinski definition) is 2. The fraction of sp³-hybridized carbons (Fsp3) is 0.333. The second-order valence-corrected chi connectivity index (χ2v) is 10.2. The van der Waals surface area contributed by atoms with Gasteiger partial charge in [0.1, 0.15) is 23.5 Å². The van der Waals surface area contributed by atoms with E-state index in [1.165, 1.54) is 41.3 Å². The van der Waals surface area contributed by atoms with Crippen molar-refractivity contribution in [1.82, 2.24) is 10.3 Å². The first-order valence-corrected chi connectivity index (χ1v) is 13.7. The third-order valence-corrected chi connectivity index (χ3v) is 7.11. The highest BCUT2D eigenvalue weighted by Gasteiger charge is 2.34. The molecule has 0 radical (unpaired) electrons. The summed E-state index contributed by atoms with van der Waals surface area (Å²) in [7, 11) is 0. The predicted molar refractivity (Wildman–Crippen MR) is 150 cm³/mol. The molecule has 2 aromatic carbocycles. The second-order valence-electron chi connectivity index (χ2n) is 9.78. The summed E-state index contributed by atoms with van der Waals surface area (Å²) >= 11 is 6.07. The Hall–Kier alpha value is -3.85. The maximum atomic E-state index is 14.1. The summed E-state index contributed by atoms with van der Waals surface area (Å²) in [4.78, 5) is 45.2. The molecule has 210 valence electrons. The minimum absolute atomic E-state index is 0.0375. The molecule has 1 aromatic heterocycles. The van der Waals surface area contributed by atoms with Gasteiger partial charge in [0.05, 0.1) is 5.02 Å². The topological polar surface area (TPSA) is 91.4 Å². The normalized spacial score (nSPS) is 14.3. The van der Waals surface area contributed by atoms with Gasteiger partial charge in [-0.25, -0.2) is 13.8 Å². The van der Waals surface area contributed by atoms with Gasteiger partial charge >= 0.3 is 0 Å². The lowest BCUT2D eigenvalue weighted by Gasteiger charge is -2.33. The Morgan fingerprint density at radius 2 is 1.73 bits per heavy atom. The van der Waals surface area contributed by atoms with Crippen LogP contribution < -0.4 is 15.5 Å². The van der Waals surface area contributed by atoms with E-state index in [2.05, 4.69) is 15.6 Å². The Morgan fingerprint density at radius 1 is 0.975 bits per heavy atom. The third-order valence-electron chi connectivity index (χ3n) is 6.82. The van der Waals surface area contributed by atoms with Gasteiger partial charge in [-0.15, -0.1) is 0 Å². The number of hydrogen-bond acceptors (Lipinski definition) is 4. The number of anilines is 2. The minimum Gasteiger partial charge on any atom is -0.351 e. The van der Waals surface area contributed by atoms with E-state index < -0.39 is 29.5 Å². The van der Waals surface area contributed by atoms with E-state index in [4.69, 9.17) is 11.6 Å². The van der Waals surface area contributed by atoms with Gasteiger partial charge in [0.25, 0.3) is 0 Å². The van der Waals surface area contributed by atoms with E-state index in [0.29, 0.717) is 11.4 Å². The number of carbonyl (C=O) groups is 3. The first-order chi connectivity index (χ1) is 19.3. The molecule has 40 heavy (non-hydrogen) atoms. The van der Waals surface area contributed by atoms with Gasteiger partial charge in [0, 0.05) is 30.8 Å². The molecule has 0 aliphatic heterocycles. The van der Waals surface area contributed by atoms with Crippen LogP contribution in [0.3, 0.4) is 0 Å². The fourth-order valence-electron chi connectivity index (χ4n) is 4.82. The molecule has 10 heteroatoms. The number of amides is 3. The molecule has 1 fully saturated rings. The number of rotatable bonds is 10. The molecule has 7 nitrogen and oxygen atoms in total. The molecule has 4 rings (SSSR count). The third kappa shape index (κ3) is 7.85.